The van der Waals surface area contributed by atoms with E-state index in [1.54, 1.807) is 18.2 Å². The Labute approximate surface area is 200 Å². The van der Waals surface area contributed by atoms with Crippen LogP contribution in [-0.2, 0) is 10.0 Å². The molecule has 10 heteroatoms. The summed E-state index contributed by atoms with van der Waals surface area (Å²) in [5.41, 5.74) is 0.296. The Bertz CT molecular complexity index is 1050. The normalized spacial score (nSPS) is 17.6. The summed E-state index contributed by atoms with van der Waals surface area (Å²) in [4.78, 5) is 12.6. The second-order valence-corrected chi connectivity index (χ2v) is 10.0. The van der Waals surface area contributed by atoms with Crippen molar-refractivity contribution in [2.24, 2.45) is 0 Å². The number of amides is 1. The minimum atomic E-state index is -3.60. The molecular weight excluding hydrogens is 460 g/mol. The highest BCUT2D eigenvalue weighted by Crippen LogP contribution is 2.36. The molecule has 0 bridgehead atoms. The van der Waals surface area contributed by atoms with Gasteiger partial charge in [-0.25, -0.2) is 8.42 Å². The molecule has 1 aliphatic heterocycles. The van der Waals surface area contributed by atoms with Crippen LogP contribution < -0.4 is 19.5 Å². The molecule has 0 radical (unpaired) electrons. The summed E-state index contributed by atoms with van der Waals surface area (Å²) in [7, 11) is -0.596. The van der Waals surface area contributed by atoms with Crippen LogP contribution in [0.15, 0.2) is 47.4 Å². The predicted molar refractivity (Wildman–Crippen MR) is 127 cm³/mol. The number of methoxy groups -OCH3 is 2. The van der Waals surface area contributed by atoms with Gasteiger partial charge in [0.1, 0.15) is 12.7 Å². The smallest absolute Gasteiger partial charge is 0.251 e. The molecule has 1 amide bonds. The molecule has 1 saturated heterocycles. The van der Waals surface area contributed by atoms with E-state index in [1.165, 1.54) is 42.8 Å². The molecule has 0 aliphatic carbocycles. The minimum Gasteiger partial charge on any atom is -0.493 e. The van der Waals surface area contributed by atoms with Crippen LogP contribution in [0.4, 0.5) is 0 Å². The van der Waals surface area contributed by atoms with E-state index in [4.69, 9.17) is 14.2 Å². The fraction of sp³-hybridized carbons (Fsp3) is 0.458. The first-order valence-corrected chi connectivity index (χ1v) is 12.6. The highest BCUT2D eigenvalue weighted by Gasteiger charge is 2.31. The van der Waals surface area contributed by atoms with Gasteiger partial charge in [0.2, 0.25) is 15.8 Å². The second kappa shape index (κ2) is 11.5. The van der Waals surface area contributed by atoms with Crippen LogP contribution in [0.25, 0.3) is 0 Å². The maximum absolute atomic E-state index is 12.9. The zero-order chi connectivity index (χ0) is 24.7. The van der Waals surface area contributed by atoms with Crippen LogP contribution in [0.3, 0.4) is 0 Å². The Morgan fingerprint density at radius 3 is 2.35 bits per heavy atom. The number of aliphatic hydroxyl groups is 1. The number of ether oxygens (including phenoxy) is 3. The van der Waals surface area contributed by atoms with Crippen molar-refractivity contribution in [3.8, 4) is 17.2 Å². The summed E-state index contributed by atoms with van der Waals surface area (Å²) in [6.07, 6.45) is 1.73. The van der Waals surface area contributed by atoms with E-state index in [0.717, 1.165) is 19.3 Å². The van der Waals surface area contributed by atoms with Gasteiger partial charge in [0, 0.05) is 24.7 Å². The summed E-state index contributed by atoms with van der Waals surface area (Å²) < 4.78 is 43.5. The number of rotatable bonds is 10. The number of hydrogen-bond acceptors (Lipinski definition) is 7. The molecule has 9 nitrogen and oxygen atoms in total. The third-order valence-electron chi connectivity index (χ3n) is 5.77. The highest BCUT2D eigenvalue weighted by molar-refractivity contribution is 7.89. The Balaban J connectivity index is 1.55. The molecule has 0 aromatic heterocycles. The lowest BCUT2D eigenvalue weighted by Gasteiger charge is -2.32. The third kappa shape index (κ3) is 5.99. The molecule has 1 heterocycles. The number of aliphatic hydroxyl groups excluding tert-OH is 1. The van der Waals surface area contributed by atoms with Crippen LogP contribution in [0.1, 0.15) is 36.5 Å². The molecule has 2 aromatic rings. The molecule has 3 rings (SSSR count). The first-order valence-electron chi connectivity index (χ1n) is 11.2. The Morgan fingerprint density at radius 1 is 1.12 bits per heavy atom. The number of carbonyl (C=O) groups excluding carboxylic acids is 1. The standard InChI is InChI=1S/C24H32N2O7S/c1-17-7-4-5-14-26(17)34(29,30)20-12-10-18(11-13-20)24(28)25-15-19(27)16-33-23-21(31-2)8-6-9-22(23)32-3/h6,8-13,17,19,27H,4-5,7,14-16H2,1-3H3,(H,25,28). The number of nitrogens with one attached hydrogen (secondary N) is 1. The van der Waals surface area contributed by atoms with Gasteiger partial charge < -0.3 is 24.6 Å². The lowest BCUT2D eigenvalue weighted by Crippen LogP contribution is -2.41. The molecule has 186 valence electrons. The number of piperidine rings is 1. The maximum Gasteiger partial charge on any atom is 0.251 e. The SMILES string of the molecule is COc1cccc(OC)c1OCC(O)CNC(=O)c1ccc(S(=O)(=O)N2CCCCC2C)cc1. The highest BCUT2D eigenvalue weighted by atomic mass is 32.2. The number of carbonyl (C=O) groups is 1. The van der Waals surface area contributed by atoms with Crippen LogP contribution in [-0.4, -0.2) is 69.8 Å². The summed E-state index contributed by atoms with van der Waals surface area (Å²) in [6, 6.07) is 11.0. The molecule has 0 spiro atoms. The molecule has 34 heavy (non-hydrogen) atoms. The van der Waals surface area contributed by atoms with Crippen LogP contribution in [0.2, 0.25) is 0 Å². The van der Waals surface area contributed by atoms with Gasteiger partial charge in [-0.1, -0.05) is 12.5 Å². The lowest BCUT2D eigenvalue weighted by molar-refractivity contribution is 0.0833. The zero-order valence-electron chi connectivity index (χ0n) is 19.7. The topological polar surface area (TPSA) is 114 Å². The number of hydrogen-bond donors (Lipinski definition) is 2. The summed E-state index contributed by atoms with van der Waals surface area (Å²) in [5, 5.41) is 12.9. The fourth-order valence-corrected chi connectivity index (χ4v) is 5.55. The van der Waals surface area contributed by atoms with Crippen LogP contribution >= 0.6 is 0 Å². The van der Waals surface area contributed by atoms with Gasteiger partial charge in [-0.15, -0.1) is 0 Å². The number of nitrogens with zero attached hydrogens (tertiary/aromatic N) is 1. The lowest BCUT2D eigenvalue weighted by atomic mass is 10.1. The molecule has 1 aliphatic rings. The largest absolute Gasteiger partial charge is 0.493 e. The number of para-hydroxylation sites is 1. The summed E-state index contributed by atoms with van der Waals surface area (Å²) in [6.45, 7) is 2.27. The average molecular weight is 493 g/mol. The number of benzene rings is 2. The van der Waals surface area contributed by atoms with Gasteiger partial charge in [0.25, 0.3) is 5.91 Å². The zero-order valence-corrected chi connectivity index (χ0v) is 20.5. The second-order valence-electron chi connectivity index (χ2n) is 8.15. The summed E-state index contributed by atoms with van der Waals surface area (Å²) in [5.74, 6) is 0.857. The van der Waals surface area contributed by atoms with E-state index in [0.29, 0.717) is 29.4 Å². The van der Waals surface area contributed by atoms with Gasteiger partial charge >= 0.3 is 0 Å². The van der Waals surface area contributed by atoms with Crippen molar-refractivity contribution in [1.29, 1.82) is 0 Å². The van der Waals surface area contributed by atoms with Crippen molar-refractivity contribution in [2.75, 3.05) is 33.9 Å². The van der Waals surface area contributed by atoms with Crippen molar-refractivity contribution >= 4 is 15.9 Å². The predicted octanol–water partition coefficient (Wildman–Crippen LogP) is 2.44. The number of sulfonamides is 1. The molecule has 2 N–H and O–H groups in total. The van der Waals surface area contributed by atoms with Gasteiger partial charge in [-0.05, 0) is 56.2 Å². The van der Waals surface area contributed by atoms with Crippen molar-refractivity contribution in [3.05, 3.63) is 48.0 Å². The molecule has 2 aromatic carbocycles. The maximum atomic E-state index is 12.9. The van der Waals surface area contributed by atoms with Crippen molar-refractivity contribution in [2.45, 2.75) is 43.2 Å². The van der Waals surface area contributed by atoms with Crippen LogP contribution in [0.5, 0.6) is 17.2 Å². The quantitative estimate of drug-likeness (QED) is 0.524. The third-order valence-corrected chi connectivity index (χ3v) is 7.79. The van der Waals surface area contributed by atoms with Crippen LogP contribution in [0, 0.1) is 0 Å². The van der Waals surface area contributed by atoms with E-state index in [-0.39, 0.29) is 24.1 Å². The first-order chi connectivity index (χ1) is 16.3. The van der Waals surface area contributed by atoms with Gasteiger partial charge in [0.05, 0.1) is 19.1 Å². The molecule has 0 saturated carbocycles. The monoisotopic (exact) mass is 492 g/mol. The van der Waals surface area contributed by atoms with E-state index in [1.807, 2.05) is 6.92 Å². The Kier molecular flexibility index (Phi) is 8.76. The fourth-order valence-electron chi connectivity index (χ4n) is 3.85. The van der Waals surface area contributed by atoms with Gasteiger partial charge in [-0.2, -0.15) is 4.31 Å². The van der Waals surface area contributed by atoms with Gasteiger partial charge in [-0.3, -0.25) is 4.79 Å². The van der Waals surface area contributed by atoms with E-state index < -0.39 is 22.0 Å². The van der Waals surface area contributed by atoms with Crippen molar-refractivity contribution in [3.63, 3.8) is 0 Å². The minimum absolute atomic E-state index is 0.0405. The van der Waals surface area contributed by atoms with Gasteiger partial charge in [0.15, 0.2) is 11.5 Å². The van der Waals surface area contributed by atoms with Crippen molar-refractivity contribution in [1.82, 2.24) is 9.62 Å². The van der Waals surface area contributed by atoms with E-state index in [9.17, 15) is 18.3 Å². The van der Waals surface area contributed by atoms with E-state index >= 15 is 0 Å². The Hall–Kier alpha value is -2.82. The van der Waals surface area contributed by atoms with E-state index in [2.05, 4.69) is 5.32 Å². The average Bonchev–Trinajstić information content (AvgIpc) is 2.85. The molecule has 1 fully saturated rings. The molecule has 2 unspecified atom stereocenters. The first kappa shape index (κ1) is 25.8. The summed E-state index contributed by atoms with van der Waals surface area (Å²) >= 11 is 0. The Morgan fingerprint density at radius 2 is 1.76 bits per heavy atom. The molecule has 2 atom stereocenters. The van der Waals surface area contributed by atoms with Crippen molar-refractivity contribution < 1.29 is 32.5 Å². The molecular formula is C24H32N2O7S.